The zero-order chi connectivity index (χ0) is 21.0. The minimum Gasteiger partial charge on any atom is -0.374 e. The highest BCUT2D eigenvalue weighted by Crippen LogP contribution is 2.15. The second kappa shape index (κ2) is 13.8. The van der Waals surface area contributed by atoms with Gasteiger partial charge in [0.25, 0.3) is 0 Å². The maximum Gasteiger partial charge on any atom is 0.191 e. The zero-order valence-corrected chi connectivity index (χ0v) is 20.5. The van der Waals surface area contributed by atoms with Gasteiger partial charge in [-0.3, -0.25) is 9.67 Å². The number of aliphatic imine (C=N–C) groups is 1. The molecule has 0 aliphatic rings. The molecule has 7 heteroatoms. The largest absolute Gasteiger partial charge is 0.374 e. The number of hydrogen-bond donors (Lipinski definition) is 2. The molecule has 31 heavy (non-hydrogen) atoms. The van der Waals surface area contributed by atoms with Gasteiger partial charge in [-0.1, -0.05) is 60.7 Å². The number of rotatable bonds is 10. The van der Waals surface area contributed by atoms with Crippen LogP contribution in [0.5, 0.6) is 0 Å². The highest BCUT2D eigenvalue weighted by atomic mass is 127. The van der Waals surface area contributed by atoms with E-state index >= 15 is 0 Å². The number of nitrogens with one attached hydrogen (secondary N) is 2. The topological polar surface area (TPSA) is 63.5 Å². The highest BCUT2D eigenvalue weighted by molar-refractivity contribution is 14.0. The van der Waals surface area contributed by atoms with Crippen molar-refractivity contribution in [1.82, 2.24) is 20.4 Å². The Bertz CT molecular complexity index is 899. The summed E-state index contributed by atoms with van der Waals surface area (Å²) in [6.07, 6.45) is 4.97. The number of aromatic nitrogens is 2. The minimum absolute atomic E-state index is 0. The fraction of sp³-hybridized carbons (Fsp3) is 0.333. The fourth-order valence-electron chi connectivity index (χ4n) is 3.12. The number of halogens is 1. The third-order valence-corrected chi connectivity index (χ3v) is 4.81. The van der Waals surface area contributed by atoms with Crippen molar-refractivity contribution in [3.63, 3.8) is 0 Å². The molecule has 6 nitrogen and oxygen atoms in total. The molecule has 1 heterocycles. The van der Waals surface area contributed by atoms with E-state index in [4.69, 9.17) is 4.74 Å². The van der Waals surface area contributed by atoms with Gasteiger partial charge in [0.2, 0.25) is 0 Å². The van der Waals surface area contributed by atoms with Gasteiger partial charge in [-0.25, -0.2) is 0 Å². The average Bonchev–Trinajstić information content (AvgIpc) is 3.24. The Labute approximate surface area is 202 Å². The summed E-state index contributed by atoms with van der Waals surface area (Å²) < 4.78 is 7.87. The summed E-state index contributed by atoms with van der Waals surface area (Å²) in [7, 11) is 1.78. The second-order valence-electron chi connectivity index (χ2n) is 7.16. The van der Waals surface area contributed by atoms with Crippen molar-refractivity contribution in [2.24, 2.45) is 4.99 Å². The van der Waals surface area contributed by atoms with Crippen molar-refractivity contribution in [1.29, 1.82) is 0 Å². The molecule has 1 aromatic heterocycles. The van der Waals surface area contributed by atoms with Gasteiger partial charge >= 0.3 is 0 Å². The van der Waals surface area contributed by atoms with Crippen LogP contribution in [0.2, 0.25) is 0 Å². The molecule has 0 spiro atoms. The molecule has 1 atom stereocenters. The molecule has 0 aliphatic carbocycles. The molecule has 166 valence electrons. The van der Waals surface area contributed by atoms with E-state index < -0.39 is 0 Å². The maximum absolute atomic E-state index is 5.91. The standard InChI is InChI=1S/C24H31N5O.HI/c1-20(23-12-7-4-8-13-23)30-15-9-14-26-24(25-2)27-16-22-17-28-29(19-22)18-21-10-5-3-6-11-21;/h3-8,10-13,17,19-20H,9,14-16,18H2,1-2H3,(H2,25,26,27);1H. The van der Waals surface area contributed by atoms with Crippen LogP contribution in [-0.2, 0) is 17.8 Å². The molecule has 1 unspecified atom stereocenters. The minimum atomic E-state index is 0. The van der Waals surface area contributed by atoms with Crippen molar-refractivity contribution in [3.8, 4) is 0 Å². The molecular formula is C24H32IN5O. The number of ether oxygens (including phenoxy) is 1. The molecule has 0 radical (unpaired) electrons. The quantitative estimate of drug-likeness (QED) is 0.176. The predicted molar refractivity (Wildman–Crippen MR) is 137 cm³/mol. The van der Waals surface area contributed by atoms with Crippen molar-refractivity contribution >= 4 is 29.9 Å². The normalized spacial score (nSPS) is 12.1. The summed E-state index contributed by atoms with van der Waals surface area (Å²) in [4.78, 5) is 4.28. The number of hydrogen-bond acceptors (Lipinski definition) is 3. The molecule has 0 amide bonds. The molecule has 3 rings (SSSR count). The number of guanidine groups is 1. The van der Waals surface area contributed by atoms with Gasteiger partial charge in [-0.2, -0.15) is 5.10 Å². The van der Waals surface area contributed by atoms with Crippen LogP contribution in [-0.4, -0.2) is 35.9 Å². The number of nitrogens with zero attached hydrogens (tertiary/aromatic N) is 3. The van der Waals surface area contributed by atoms with Gasteiger partial charge < -0.3 is 15.4 Å². The predicted octanol–water partition coefficient (Wildman–Crippen LogP) is 4.38. The Morgan fingerprint density at radius 3 is 2.45 bits per heavy atom. The zero-order valence-electron chi connectivity index (χ0n) is 18.2. The van der Waals surface area contributed by atoms with Crippen LogP contribution in [0.3, 0.4) is 0 Å². The summed E-state index contributed by atoms with van der Waals surface area (Å²) in [5.74, 6) is 0.780. The molecule has 0 fully saturated rings. The fourth-order valence-corrected chi connectivity index (χ4v) is 3.12. The van der Waals surface area contributed by atoms with Gasteiger partial charge in [0.15, 0.2) is 5.96 Å². The lowest BCUT2D eigenvalue weighted by atomic mass is 10.1. The van der Waals surface area contributed by atoms with Crippen LogP contribution in [0.1, 0.15) is 36.1 Å². The average molecular weight is 533 g/mol. The van der Waals surface area contributed by atoms with Crippen LogP contribution in [0.25, 0.3) is 0 Å². The molecule has 3 aromatic rings. The molecular weight excluding hydrogens is 501 g/mol. The summed E-state index contributed by atoms with van der Waals surface area (Å²) in [6, 6.07) is 20.6. The van der Waals surface area contributed by atoms with E-state index in [1.165, 1.54) is 11.1 Å². The lowest BCUT2D eigenvalue weighted by Gasteiger charge is -2.14. The SMILES string of the molecule is CN=C(NCCCOC(C)c1ccccc1)NCc1cnn(Cc2ccccc2)c1.I. The van der Waals surface area contributed by atoms with Crippen molar-refractivity contribution < 1.29 is 4.74 Å². The van der Waals surface area contributed by atoms with Gasteiger partial charge in [0.05, 0.1) is 18.8 Å². The Morgan fingerprint density at radius 1 is 1.03 bits per heavy atom. The molecule has 2 aromatic carbocycles. The third-order valence-electron chi connectivity index (χ3n) is 4.81. The first-order valence-corrected chi connectivity index (χ1v) is 10.4. The highest BCUT2D eigenvalue weighted by Gasteiger charge is 2.05. The van der Waals surface area contributed by atoms with E-state index in [0.717, 1.165) is 31.0 Å². The Hall–Kier alpha value is -2.39. The third kappa shape index (κ3) is 8.70. The maximum atomic E-state index is 5.91. The first-order valence-electron chi connectivity index (χ1n) is 10.4. The first-order chi connectivity index (χ1) is 14.7. The Balaban J connectivity index is 0.00000341. The lowest BCUT2D eigenvalue weighted by Crippen LogP contribution is -2.37. The van der Waals surface area contributed by atoms with Crippen LogP contribution < -0.4 is 10.6 Å². The molecule has 2 N–H and O–H groups in total. The summed E-state index contributed by atoms with van der Waals surface area (Å²) in [5, 5.41) is 11.1. The first kappa shape index (κ1) is 24.9. The van der Waals surface area contributed by atoms with Gasteiger partial charge in [-0.05, 0) is 24.5 Å². The number of benzene rings is 2. The van der Waals surface area contributed by atoms with E-state index in [1.54, 1.807) is 7.05 Å². The summed E-state index contributed by atoms with van der Waals surface area (Å²) >= 11 is 0. The van der Waals surface area contributed by atoms with E-state index in [0.29, 0.717) is 13.2 Å². The van der Waals surface area contributed by atoms with Crippen molar-refractivity contribution in [2.45, 2.75) is 32.5 Å². The van der Waals surface area contributed by atoms with Crippen LogP contribution in [0.4, 0.5) is 0 Å². The van der Waals surface area contributed by atoms with Gasteiger partial charge in [0, 0.05) is 38.5 Å². The van der Waals surface area contributed by atoms with E-state index in [2.05, 4.69) is 58.1 Å². The van der Waals surface area contributed by atoms with Gasteiger partial charge in [-0.15, -0.1) is 24.0 Å². The van der Waals surface area contributed by atoms with Gasteiger partial charge in [0.1, 0.15) is 0 Å². The lowest BCUT2D eigenvalue weighted by molar-refractivity contribution is 0.0646. The molecule has 0 saturated heterocycles. The summed E-state index contributed by atoms with van der Waals surface area (Å²) in [6.45, 7) is 5.03. The molecule has 0 bridgehead atoms. The van der Waals surface area contributed by atoms with E-state index in [-0.39, 0.29) is 30.1 Å². The van der Waals surface area contributed by atoms with E-state index in [1.807, 2.05) is 47.3 Å². The smallest absolute Gasteiger partial charge is 0.191 e. The second-order valence-corrected chi connectivity index (χ2v) is 7.16. The molecule has 0 saturated carbocycles. The Morgan fingerprint density at radius 2 is 1.74 bits per heavy atom. The van der Waals surface area contributed by atoms with Crippen LogP contribution >= 0.6 is 24.0 Å². The molecule has 0 aliphatic heterocycles. The van der Waals surface area contributed by atoms with Crippen LogP contribution in [0.15, 0.2) is 78.0 Å². The van der Waals surface area contributed by atoms with Crippen molar-refractivity contribution in [2.75, 3.05) is 20.2 Å². The van der Waals surface area contributed by atoms with Crippen LogP contribution in [0, 0.1) is 0 Å². The monoisotopic (exact) mass is 533 g/mol. The van der Waals surface area contributed by atoms with Crippen molar-refractivity contribution in [3.05, 3.63) is 89.7 Å². The Kier molecular flexibility index (Phi) is 11.1. The van der Waals surface area contributed by atoms with E-state index in [9.17, 15) is 0 Å². The summed E-state index contributed by atoms with van der Waals surface area (Å²) in [5.41, 5.74) is 3.56.